The average Bonchev–Trinajstić information content (AvgIpc) is 2.10. The SMILES string of the molecule is OCC1(c2ccc(F)c(Cl)c2)CCC1. The van der Waals surface area contributed by atoms with Gasteiger partial charge in [-0.25, -0.2) is 4.39 Å². The van der Waals surface area contributed by atoms with Gasteiger partial charge < -0.3 is 5.11 Å². The molecule has 1 aromatic carbocycles. The van der Waals surface area contributed by atoms with Gasteiger partial charge in [-0.3, -0.25) is 0 Å². The zero-order chi connectivity index (χ0) is 10.2. The van der Waals surface area contributed by atoms with Crippen molar-refractivity contribution in [1.82, 2.24) is 0 Å². The van der Waals surface area contributed by atoms with E-state index < -0.39 is 5.82 Å². The molecule has 0 aromatic heterocycles. The predicted octanol–water partition coefficient (Wildman–Crippen LogP) is 2.89. The summed E-state index contributed by atoms with van der Waals surface area (Å²) in [4.78, 5) is 0. The average molecular weight is 215 g/mol. The van der Waals surface area contributed by atoms with Crippen molar-refractivity contribution in [2.45, 2.75) is 24.7 Å². The first kappa shape index (κ1) is 9.94. The zero-order valence-electron chi connectivity index (χ0n) is 7.76. The third-order valence-corrected chi connectivity index (χ3v) is 3.43. The molecule has 1 aliphatic rings. The van der Waals surface area contributed by atoms with Crippen LogP contribution in [0.5, 0.6) is 0 Å². The van der Waals surface area contributed by atoms with Gasteiger partial charge in [0.2, 0.25) is 0 Å². The molecule has 0 spiro atoms. The topological polar surface area (TPSA) is 20.2 Å². The number of hydrogen-bond acceptors (Lipinski definition) is 1. The van der Waals surface area contributed by atoms with E-state index in [1.165, 1.54) is 6.07 Å². The van der Waals surface area contributed by atoms with E-state index in [0.29, 0.717) is 0 Å². The fourth-order valence-electron chi connectivity index (χ4n) is 1.97. The number of halogens is 2. The Morgan fingerprint density at radius 3 is 2.57 bits per heavy atom. The van der Waals surface area contributed by atoms with Crippen LogP contribution in [0.4, 0.5) is 4.39 Å². The molecule has 1 aliphatic carbocycles. The molecule has 76 valence electrons. The Morgan fingerprint density at radius 1 is 1.43 bits per heavy atom. The van der Waals surface area contributed by atoms with Crippen molar-refractivity contribution < 1.29 is 9.50 Å². The van der Waals surface area contributed by atoms with Gasteiger partial charge in [-0.2, -0.15) is 0 Å². The summed E-state index contributed by atoms with van der Waals surface area (Å²) in [5, 5.41) is 9.45. The highest BCUT2D eigenvalue weighted by Crippen LogP contribution is 2.43. The van der Waals surface area contributed by atoms with Crippen LogP contribution in [0.2, 0.25) is 5.02 Å². The molecule has 1 nitrogen and oxygen atoms in total. The molecule has 2 rings (SSSR count). The predicted molar refractivity (Wildman–Crippen MR) is 54.0 cm³/mol. The van der Waals surface area contributed by atoms with E-state index in [4.69, 9.17) is 11.6 Å². The number of rotatable bonds is 2. The molecule has 14 heavy (non-hydrogen) atoms. The maximum atomic E-state index is 12.9. The van der Waals surface area contributed by atoms with Gasteiger partial charge in [-0.1, -0.05) is 24.1 Å². The van der Waals surface area contributed by atoms with Gasteiger partial charge in [0.25, 0.3) is 0 Å². The van der Waals surface area contributed by atoms with Crippen LogP contribution in [0.3, 0.4) is 0 Å². The summed E-state index contributed by atoms with van der Waals surface area (Å²) in [6.45, 7) is 0.120. The Kier molecular flexibility index (Phi) is 2.50. The Labute approximate surface area is 87.5 Å². The van der Waals surface area contributed by atoms with Gasteiger partial charge in [0.1, 0.15) is 5.82 Å². The van der Waals surface area contributed by atoms with Crippen LogP contribution >= 0.6 is 11.6 Å². The van der Waals surface area contributed by atoms with E-state index in [-0.39, 0.29) is 17.0 Å². The summed E-state index contributed by atoms with van der Waals surface area (Å²) in [7, 11) is 0. The van der Waals surface area contributed by atoms with E-state index in [9.17, 15) is 9.50 Å². The van der Waals surface area contributed by atoms with Crippen LogP contribution in [-0.2, 0) is 5.41 Å². The Hall–Kier alpha value is -0.600. The molecule has 0 bridgehead atoms. The van der Waals surface area contributed by atoms with Crippen molar-refractivity contribution in [2.75, 3.05) is 6.61 Å². The number of hydrogen-bond donors (Lipinski definition) is 1. The Bertz CT molecular complexity index is 342. The standard InChI is InChI=1S/C11H12ClFO/c12-9-6-8(2-3-10(9)13)11(7-14)4-1-5-11/h2-3,6,14H,1,4-5,7H2. The van der Waals surface area contributed by atoms with Crippen molar-refractivity contribution in [3.63, 3.8) is 0 Å². The Morgan fingerprint density at radius 2 is 2.14 bits per heavy atom. The van der Waals surface area contributed by atoms with Crippen LogP contribution < -0.4 is 0 Å². The lowest BCUT2D eigenvalue weighted by molar-refractivity contribution is 0.120. The van der Waals surface area contributed by atoms with Crippen molar-refractivity contribution in [2.24, 2.45) is 0 Å². The molecule has 0 aliphatic heterocycles. The fraction of sp³-hybridized carbons (Fsp3) is 0.455. The van der Waals surface area contributed by atoms with Gasteiger partial charge >= 0.3 is 0 Å². The van der Waals surface area contributed by atoms with Gasteiger partial charge in [0, 0.05) is 5.41 Å². The highest BCUT2D eigenvalue weighted by atomic mass is 35.5. The third-order valence-electron chi connectivity index (χ3n) is 3.15. The zero-order valence-corrected chi connectivity index (χ0v) is 8.52. The maximum absolute atomic E-state index is 12.9. The summed E-state index contributed by atoms with van der Waals surface area (Å²) in [6, 6.07) is 4.72. The highest BCUT2D eigenvalue weighted by Gasteiger charge is 2.38. The van der Waals surface area contributed by atoms with Crippen molar-refractivity contribution in [1.29, 1.82) is 0 Å². The van der Waals surface area contributed by atoms with Gasteiger partial charge in [0.15, 0.2) is 0 Å². The molecule has 0 heterocycles. The van der Waals surface area contributed by atoms with Crippen LogP contribution in [0.1, 0.15) is 24.8 Å². The normalized spacial score (nSPS) is 19.1. The molecule has 0 radical (unpaired) electrons. The third kappa shape index (κ3) is 1.43. The van der Waals surface area contributed by atoms with E-state index in [1.54, 1.807) is 12.1 Å². The van der Waals surface area contributed by atoms with Crippen LogP contribution in [0.25, 0.3) is 0 Å². The second-order valence-corrected chi connectivity index (χ2v) is 4.33. The van der Waals surface area contributed by atoms with Crippen LogP contribution in [0, 0.1) is 5.82 Å². The minimum atomic E-state index is -0.400. The molecule has 0 saturated heterocycles. The fourth-order valence-corrected chi connectivity index (χ4v) is 2.15. The summed E-state index contributed by atoms with van der Waals surface area (Å²) in [5.41, 5.74) is 0.801. The summed E-state index contributed by atoms with van der Waals surface area (Å²) >= 11 is 5.70. The van der Waals surface area contributed by atoms with Gasteiger partial charge in [-0.15, -0.1) is 0 Å². The molecule has 1 fully saturated rings. The second kappa shape index (κ2) is 3.52. The van der Waals surface area contributed by atoms with Gasteiger partial charge in [0.05, 0.1) is 11.6 Å². The lowest BCUT2D eigenvalue weighted by Crippen LogP contribution is -2.37. The Balaban J connectivity index is 2.36. The first-order valence-corrected chi connectivity index (χ1v) is 5.12. The highest BCUT2D eigenvalue weighted by molar-refractivity contribution is 6.30. The maximum Gasteiger partial charge on any atom is 0.141 e. The molecule has 1 aromatic rings. The first-order valence-electron chi connectivity index (χ1n) is 4.74. The van der Waals surface area contributed by atoms with Crippen molar-refractivity contribution in [3.05, 3.63) is 34.6 Å². The van der Waals surface area contributed by atoms with E-state index >= 15 is 0 Å². The summed E-state index contributed by atoms with van der Waals surface area (Å²) in [5.74, 6) is -0.400. The molecular formula is C11H12ClFO. The molecule has 0 amide bonds. The molecule has 0 atom stereocenters. The number of aliphatic hydroxyl groups excluding tert-OH is 1. The second-order valence-electron chi connectivity index (χ2n) is 3.92. The molecule has 3 heteroatoms. The van der Waals surface area contributed by atoms with Crippen molar-refractivity contribution >= 4 is 11.6 Å². The number of aliphatic hydroxyl groups is 1. The van der Waals surface area contributed by atoms with Crippen molar-refractivity contribution in [3.8, 4) is 0 Å². The smallest absolute Gasteiger partial charge is 0.141 e. The minimum absolute atomic E-state index is 0.120. The minimum Gasteiger partial charge on any atom is -0.395 e. The monoisotopic (exact) mass is 214 g/mol. The largest absolute Gasteiger partial charge is 0.395 e. The van der Waals surface area contributed by atoms with Crippen LogP contribution in [0.15, 0.2) is 18.2 Å². The molecular weight excluding hydrogens is 203 g/mol. The first-order chi connectivity index (χ1) is 6.68. The summed E-state index contributed by atoms with van der Waals surface area (Å²) in [6.07, 6.45) is 3.05. The molecule has 1 N–H and O–H groups in total. The lowest BCUT2D eigenvalue weighted by Gasteiger charge is -2.40. The molecule has 0 unspecified atom stereocenters. The van der Waals surface area contributed by atoms with E-state index in [2.05, 4.69) is 0 Å². The van der Waals surface area contributed by atoms with E-state index in [0.717, 1.165) is 24.8 Å². The number of benzene rings is 1. The van der Waals surface area contributed by atoms with E-state index in [1.807, 2.05) is 0 Å². The van der Waals surface area contributed by atoms with Crippen LogP contribution in [-0.4, -0.2) is 11.7 Å². The van der Waals surface area contributed by atoms with Gasteiger partial charge in [-0.05, 0) is 30.5 Å². The summed E-state index contributed by atoms with van der Waals surface area (Å²) < 4.78 is 12.9. The molecule has 1 saturated carbocycles. The quantitative estimate of drug-likeness (QED) is 0.803. The lowest BCUT2D eigenvalue weighted by atomic mass is 9.65.